The lowest BCUT2D eigenvalue weighted by molar-refractivity contribution is 0.0930. The highest BCUT2D eigenvalue weighted by atomic mass is 79.9. The van der Waals surface area contributed by atoms with Gasteiger partial charge in [-0.1, -0.05) is 0 Å². The molecule has 0 aliphatic carbocycles. The summed E-state index contributed by atoms with van der Waals surface area (Å²) in [6, 6.07) is 3.49. The SMILES string of the molecule is COCCC(=O)c1cc2c(cc1Br)OCCO2. The first-order valence-corrected chi connectivity index (χ1v) is 6.13. The maximum Gasteiger partial charge on any atom is 0.166 e. The van der Waals surface area contributed by atoms with Gasteiger partial charge in [0, 0.05) is 23.6 Å². The number of methoxy groups -OCH3 is 1. The lowest BCUT2D eigenvalue weighted by Crippen LogP contribution is -2.16. The molecule has 0 bridgehead atoms. The summed E-state index contributed by atoms with van der Waals surface area (Å²) in [5, 5.41) is 0. The lowest BCUT2D eigenvalue weighted by Gasteiger charge is -2.19. The van der Waals surface area contributed by atoms with Gasteiger partial charge in [0.25, 0.3) is 0 Å². The van der Waals surface area contributed by atoms with E-state index in [0.29, 0.717) is 43.3 Å². The van der Waals surface area contributed by atoms with E-state index < -0.39 is 0 Å². The summed E-state index contributed by atoms with van der Waals surface area (Å²) in [6.07, 6.45) is 0.356. The molecule has 0 unspecified atom stereocenters. The van der Waals surface area contributed by atoms with Crippen molar-refractivity contribution < 1.29 is 19.0 Å². The third-order valence-electron chi connectivity index (χ3n) is 2.47. The molecule has 92 valence electrons. The molecular formula is C12H13BrO4. The molecule has 5 heteroatoms. The Labute approximate surface area is 108 Å². The van der Waals surface area contributed by atoms with Gasteiger partial charge >= 0.3 is 0 Å². The largest absolute Gasteiger partial charge is 0.486 e. The Morgan fingerprint density at radius 1 is 1.35 bits per heavy atom. The van der Waals surface area contributed by atoms with Crippen LogP contribution in [-0.2, 0) is 4.74 Å². The molecule has 1 aromatic rings. The molecule has 1 heterocycles. The van der Waals surface area contributed by atoms with Gasteiger partial charge in [0.15, 0.2) is 17.3 Å². The predicted octanol–water partition coefficient (Wildman–Crippen LogP) is 2.44. The highest BCUT2D eigenvalue weighted by molar-refractivity contribution is 9.10. The van der Waals surface area contributed by atoms with Crippen molar-refractivity contribution in [3.63, 3.8) is 0 Å². The smallest absolute Gasteiger partial charge is 0.166 e. The second kappa shape index (κ2) is 5.51. The van der Waals surface area contributed by atoms with Crippen molar-refractivity contribution in [3.8, 4) is 11.5 Å². The predicted molar refractivity (Wildman–Crippen MR) is 66.0 cm³/mol. The fraction of sp³-hybridized carbons (Fsp3) is 0.417. The third-order valence-corrected chi connectivity index (χ3v) is 3.12. The molecule has 17 heavy (non-hydrogen) atoms. The van der Waals surface area contributed by atoms with Crippen LogP contribution < -0.4 is 9.47 Å². The molecule has 4 nitrogen and oxygen atoms in total. The molecule has 0 saturated carbocycles. The van der Waals surface area contributed by atoms with Crippen LogP contribution in [-0.4, -0.2) is 32.7 Å². The Hall–Kier alpha value is -1.07. The van der Waals surface area contributed by atoms with Crippen molar-refractivity contribution in [1.82, 2.24) is 0 Å². The van der Waals surface area contributed by atoms with Crippen LogP contribution in [0, 0.1) is 0 Å². The van der Waals surface area contributed by atoms with Gasteiger partial charge in [0.05, 0.1) is 6.61 Å². The molecule has 2 rings (SSSR count). The third kappa shape index (κ3) is 2.79. The fourth-order valence-electron chi connectivity index (χ4n) is 1.61. The first-order chi connectivity index (χ1) is 8.22. The number of Topliss-reactive ketones (excluding diaryl/α,β-unsaturated/α-hetero) is 1. The monoisotopic (exact) mass is 300 g/mol. The topological polar surface area (TPSA) is 44.8 Å². The van der Waals surface area contributed by atoms with E-state index in [4.69, 9.17) is 14.2 Å². The average Bonchev–Trinajstić information content (AvgIpc) is 2.35. The number of fused-ring (bicyclic) bond motifs is 1. The highest BCUT2D eigenvalue weighted by Gasteiger charge is 2.18. The van der Waals surface area contributed by atoms with E-state index in [-0.39, 0.29) is 5.78 Å². The van der Waals surface area contributed by atoms with Gasteiger partial charge in [0.2, 0.25) is 0 Å². The van der Waals surface area contributed by atoms with Crippen LogP contribution in [0.15, 0.2) is 16.6 Å². The summed E-state index contributed by atoms with van der Waals surface area (Å²) in [6.45, 7) is 1.47. The second-order valence-corrected chi connectivity index (χ2v) is 4.50. The number of hydrogen-bond donors (Lipinski definition) is 0. The van der Waals surface area contributed by atoms with Gasteiger partial charge in [-0.05, 0) is 28.1 Å². The van der Waals surface area contributed by atoms with Crippen LogP contribution in [0.2, 0.25) is 0 Å². The maximum absolute atomic E-state index is 11.9. The highest BCUT2D eigenvalue weighted by Crippen LogP contribution is 2.35. The molecule has 0 spiro atoms. The lowest BCUT2D eigenvalue weighted by atomic mass is 10.1. The second-order valence-electron chi connectivity index (χ2n) is 3.64. The summed E-state index contributed by atoms with van der Waals surface area (Å²) >= 11 is 3.37. The number of benzene rings is 1. The van der Waals surface area contributed by atoms with Crippen molar-refractivity contribution in [2.45, 2.75) is 6.42 Å². The molecule has 1 aliphatic rings. The Morgan fingerprint density at radius 2 is 2.00 bits per heavy atom. The molecule has 1 aliphatic heterocycles. The molecule has 0 amide bonds. The summed E-state index contributed by atoms with van der Waals surface area (Å²) < 4.78 is 16.5. The zero-order chi connectivity index (χ0) is 12.3. The van der Waals surface area contributed by atoms with Crippen LogP contribution in [0.4, 0.5) is 0 Å². The van der Waals surface area contributed by atoms with Crippen LogP contribution >= 0.6 is 15.9 Å². The summed E-state index contributed by atoms with van der Waals surface area (Å²) in [5.41, 5.74) is 0.603. The number of hydrogen-bond acceptors (Lipinski definition) is 4. The van der Waals surface area contributed by atoms with E-state index in [9.17, 15) is 4.79 Å². The average molecular weight is 301 g/mol. The first-order valence-electron chi connectivity index (χ1n) is 5.33. The minimum Gasteiger partial charge on any atom is -0.486 e. The Morgan fingerprint density at radius 3 is 2.65 bits per heavy atom. The van der Waals surface area contributed by atoms with Gasteiger partial charge in [-0.25, -0.2) is 0 Å². The van der Waals surface area contributed by atoms with Gasteiger partial charge in [0.1, 0.15) is 13.2 Å². The van der Waals surface area contributed by atoms with Crippen molar-refractivity contribution in [1.29, 1.82) is 0 Å². The molecule has 0 N–H and O–H groups in total. The van der Waals surface area contributed by atoms with E-state index in [1.165, 1.54) is 0 Å². The normalized spacial score (nSPS) is 13.5. The van der Waals surface area contributed by atoms with Gasteiger partial charge in [-0.2, -0.15) is 0 Å². The van der Waals surface area contributed by atoms with E-state index >= 15 is 0 Å². The van der Waals surface area contributed by atoms with Crippen molar-refractivity contribution in [2.75, 3.05) is 26.9 Å². The molecule has 0 aromatic heterocycles. The van der Waals surface area contributed by atoms with Gasteiger partial charge in [-0.15, -0.1) is 0 Å². The molecule has 0 radical (unpaired) electrons. The van der Waals surface area contributed by atoms with Crippen molar-refractivity contribution >= 4 is 21.7 Å². The van der Waals surface area contributed by atoms with Crippen LogP contribution in [0.5, 0.6) is 11.5 Å². The first kappa shape index (κ1) is 12.4. The molecule has 0 saturated heterocycles. The molecular weight excluding hydrogens is 288 g/mol. The Kier molecular flexibility index (Phi) is 4.02. The Bertz CT molecular complexity index is 431. The van der Waals surface area contributed by atoms with Crippen LogP contribution in [0.25, 0.3) is 0 Å². The molecule has 0 atom stereocenters. The quantitative estimate of drug-likeness (QED) is 0.801. The Balaban J connectivity index is 2.25. The number of halogens is 1. The maximum atomic E-state index is 11.9. The van der Waals surface area contributed by atoms with Crippen molar-refractivity contribution in [3.05, 3.63) is 22.2 Å². The zero-order valence-corrected chi connectivity index (χ0v) is 11.1. The van der Waals surface area contributed by atoms with E-state index in [0.717, 1.165) is 4.47 Å². The van der Waals surface area contributed by atoms with Crippen LogP contribution in [0.1, 0.15) is 16.8 Å². The minimum absolute atomic E-state index is 0.0238. The number of ether oxygens (including phenoxy) is 3. The summed E-state index contributed by atoms with van der Waals surface area (Å²) in [4.78, 5) is 11.9. The molecule has 1 aromatic carbocycles. The van der Waals surface area contributed by atoms with Gasteiger partial charge < -0.3 is 14.2 Å². The van der Waals surface area contributed by atoms with Gasteiger partial charge in [-0.3, -0.25) is 4.79 Å². The fourth-order valence-corrected chi connectivity index (χ4v) is 2.15. The number of rotatable bonds is 4. The van der Waals surface area contributed by atoms with E-state index in [1.807, 2.05) is 0 Å². The van der Waals surface area contributed by atoms with Crippen LogP contribution in [0.3, 0.4) is 0 Å². The van der Waals surface area contributed by atoms with E-state index in [1.54, 1.807) is 19.2 Å². The summed E-state index contributed by atoms with van der Waals surface area (Å²) in [7, 11) is 1.58. The van der Waals surface area contributed by atoms with E-state index in [2.05, 4.69) is 15.9 Å². The minimum atomic E-state index is 0.0238. The number of carbonyl (C=O) groups excluding carboxylic acids is 1. The number of carbonyl (C=O) groups is 1. The number of ketones is 1. The zero-order valence-electron chi connectivity index (χ0n) is 9.49. The van der Waals surface area contributed by atoms with Crippen molar-refractivity contribution in [2.24, 2.45) is 0 Å². The standard InChI is InChI=1S/C12H13BrO4/c1-15-3-2-10(14)8-6-11-12(7-9(8)13)17-5-4-16-11/h6-7H,2-5H2,1H3. The molecule has 0 fully saturated rings. The summed E-state index contributed by atoms with van der Waals surface area (Å²) in [5.74, 6) is 1.32.